The van der Waals surface area contributed by atoms with E-state index in [2.05, 4.69) is 18.0 Å². The minimum absolute atomic E-state index is 0.999. The Balaban J connectivity index is 2.75. The van der Waals surface area contributed by atoms with E-state index in [9.17, 15) is 0 Å². The van der Waals surface area contributed by atoms with Crippen molar-refractivity contribution in [3.05, 3.63) is 23.9 Å². The summed E-state index contributed by atoms with van der Waals surface area (Å²) in [6, 6.07) is 0. The first-order chi connectivity index (χ1) is 4.29. The molecule has 1 nitrogen and oxygen atoms in total. The second kappa shape index (κ2) is 2.62. The highest BCUT2D eigenvalue weighted by atomic mass is 14.7. The molecule has 0 atom stereocenters. The molecule has 1 rings (SSSR count). The summed E-state index contributed by atoms with van der Waals surface area (Å²) in [4.78, 5) is 4.16. The van der Waals surface area contributed by atoms with Crippen LogP contribution in [0.1, 0.15) is 20.3 Å². The summed E-state index contributed by atoms with van der Waals surface area (Å²) < 4.78 is 0. The summed E-state index contributed by atoms with van der Waals surface area (Å²) in [5, 5.41) is 0. The van der Waals surface area contributed by atoms with Crippen molar-refractivity contribution < 1.29 is 0 Å². The van der Waals surface area contributed by atoms with Crippen molar-refractivity contribution in [2.45, 2.75) is 20.3 Å². The van der Waals surface area contributed by atoms with Crippen LogP contribution in [0, 0.1) is 0 Å². The molecule has 0 aliphatic carbocycles. The van der Waals surface area contributed by atoms with Gasteiger partial charge in [0.15, 0.2) is 0 Å². The van der Waals surface area contributed by atoms with Gasteiger partial charge >= 0.3 is 0 Å². The van der Waals surface area contributed by atoms with Crippen molar-refractivity contribution in [1.82, 2.24) is 0 Å². The summed E-state index contributed by atoms with van der Waals surface area (Å²) in [6.45, 7) is 4.13. The highest BCUT2D eigenvalue weighted by Gasteiger charge is 1.90. The largest absolute Gasteiger partial charge is 0.266 e. The third-order valence-electron chi connectivity index (χ3n) is 1.35. The van der Waals surface area contributed by atoms with Crippen LogP contribution in [0.15, 0.2) is 28.9 Å². The van der Waals surface area contributed by atoms with E-state index in [-0.39, 0.29) is 0 Å². The molecule has 1 heterocycles. The molecule has 0 radical (unpaired) electrons. The molecule has 9 heavy (non-hydrogen) atoms. The molecule has 0 aromatic rings. The van der Waals surface area contributed by atoms with E-state index in [1.165, 1.54) is 11.3 Å². The summed E-state index contributed by atoms with van der Waals surface area (Å²) >= 11 is 0. The normalized spacial score (nSPS) is 18.4. The first-order valence-electron chi connectivity index (χ1n) is 3.15. The fraction of sp³-hybridized carbons (Fsp3) is 0.375. The van der Waals surface area contributed by atoms with Crippen molar-refractivity contribution >= 4 is 5.71 Å². The highest BCUT2D eigenvalue weighted by molar-refractivity contribution is 5.84. The Morgan fingerprint density at radius 1 is 1.44 bits per heavy atom. The molecule has 0 saturated heterocycles. The van der Waals surface area contributed by atoms with Gasteiger partial charge in [-0.05, 0) is 19.9 Å². The number of rotatable bonds is 0. The van der Waals surface area contributed by atoms with Crippen LogP contribution in [0.3, 0.4) is 0 Å². The molecule has 0 aromatic carbocycles. The molecule has 48 valence electrons. The van der Waals surface area contributed by atoms with Gasteiger partial charge in [-0.2, -0.15) is 0 Å². The Kier molecular flexibility index (Phi) is 1.83. The number of hydrogen-bond donors (Lipinski definition) is 0. The van der Waals surface area contributed by atoms with Gasteiger partial charge in [0.05, 0.1) is 0 Å². The van der Waals surface area contributed by atoms with Crippen LogP contribution in [0.25, 0.3) is 0 Å². The summed E-state index contributed by atoms with van der Waals surface area (Å²) in [6.07, 6.45) is 7.06. The van der Waals surface area contributed by atoms with Crippen molar-refractivity contribution in [2.75, 3.05) is 0 Å². The van der Waals surface area contributed by atoms with Gasteiger partial charge in [0.25, 0.3) is 0 Å². The topological polar surface area (TPSA) is 12.4 Å². The van der Waals surface area contributed by atoms with E-state index in [1.807, 2.05) is 19.2 Å². The Morgan fingerprint density at radius 2 is 2.22 bits per heavy atom. The molecule has 1 aliphatic rings. The molecular formula is C8H11N. The predicted molar refractivity (Wildman–Crippen MR) is 40.6 cm³/mol. The molecule has 0 fully saturated rings. The zero-order chi connectivity index (χ0) is 6.69. The van der Waals surface area contributed by atoms with E-state index >= 15 is 0 Å². The maximum atomic E-state index is 4.16. The molecule has 0 N–H and O–H groups in total. The Hall–Kier alpha value is -0.850. The number of hydrogen-bond acceptors (Lipinski definition) is 1. The Bertz CT molecular complexity index is 182. The molecule has 0 unspecified atom stereocenters. The molecule has 0 amide bonds. The number of allylic oxidation sites excluding steroid dienone is 3. The quantitative estimate of drug-likeness (QED) is 0.466. The Morgan fingerprint density at radius 3 is 3.00 bits per heavy atom. The van der Waals surface area contributed by atoms with Crippen molar-refractivity contribution in [3.8, 4) is 0 Å². The van der Waals surface area contributed by atoms with Gasteiger partial charge in [-0.1, -0.05) is 11.6 Å². The van der Waals surface area contributed by atoms with Crippen LogP contribution >= 0.6 is 0 Å². The maximum absolute atomic E-state index is 4.16. The lowest BCUT2D eigenvalue weighted by atomic mass is 10.2. The van der Waals surface area contributed by atoms with Crippen LogP contribution in [-0.2, 0) is 0 Å². The molecular weight excluding hydrogens is 110 g/mol. The van der Waals surface area contributed by atoms with E-state index in [1.54, 1.807) is 0 Å². The summed E-state index contributed by atoms with van der Waals surface area (Å²) in [7, 11) is 0. The van der Waals surface area contributed by atoms with Crippen LogP contribution < -0.4 is 0 Å². The monoisotopic (exact) mass is 121 g/mol. The number of nitrogens with zero attached hydrogens (tertiary/aromatic N) is 1. The molecule has 0 aromatic heterocycles. The van der Waals surface area contributed by atoms with E-state index in [0.29, 0.717) is 0 Å². The van der Waals surface area contributed by atoms with Gasteiger partial charge in [0, 0.05) is 18.3 Å². The van der Waals surface area contributed by atoms with Crippen molar-refractivity contribution in [1.29, 1.82) is 0 Å². The van der Waals surface area contributed by atoms with Crippen LogP contribution in [-0.4, -0.2) is 5.71 Å². The highest BCUT2D eigenvalue weighted by Crippen LogP contribution is 2.03. The van der Waals surface area contributed by atoms with E-state index < -0.39 is 0 Å². The third-order valence-corrected chi connectivity index (χ3v) is 1.35. The maximum Gasteiger partial charge on any atom is 0.0269 e. The minimum Gasteiger partial charge on any atom is -0.266 e. The minimum atomic E-state index is 0.999. The summed E-state index contributed by atoms with van der Waals surface area (Å²) in [5.41, 5.74) is 2.48. The van der Waals surface area contributed by atoms with Crippen LogP contribution in [0.5, 0.6) is 0 Å². The number of aliphatic imine (C=N–C) groups is 1. The SMILES string of the molecule is CC1=CCC(C)=NC=C1. The average molecular weight is 121 g/mol. The molecule has 0 bridgehead atoms. The average Bonchev–Trinajstić information content (AvgIpc) is 1.97. The second-order valence-corrected chi connectivity index (χ2v) is 2.33. The fourth-order valence-electron chi connectivity index (χ4n) is 0.712. The lowest BCUT2D eigenvalue weighted by Crippen LogP contribution is -1.84. The first-order valence-corrected chi connectivity index (χ1v) is 3.15. The van der Waals surface area contributed by atoms with Gasteiger partial charge in [0.2, 0.25) is 0 Å². The van der Waals surface area contributed by atoms with Gasteiger partial charge in [-0.3, -0.25) is 4.99 Å². The van der Waals surface area contributed by atoms with Gasteiger partial charge in [-0.25, -0.2) is 0 Å². The van der Waals surface area contributed by atoms with Crippen molar-refractivity contribution in [3.63, 3.8) is 0 Å². The lowest BCUT2D eigenvalue weighted by Gasteiger charge is -1.87. The molecule has 1 aliphatic heterocycles. The van der Waals surface area contributed by atoms with Gasteiger partial charge in [-0.15, -0.1) is 0 Å². The van der Waals surface area contributed by atoms with Crippen molar-refractivity contribution in [2.24, 2.45) is 4.99 Å². The van der Waals surface area contributed by atoms with Crippen LogP contribution in [0.4, 0.5) is 0 Å². The first kappa shape index (κ1) is 6.27. The predicted octanol–water partition coefficient (Wildman–Crippen LogP) is 2.31. The standard InChI is InChI=1S/C8H11N/c1-7-3-4-8(2)9-6-5-7/h3,5-6H,4H2,1-2H3. The second-order valence-electron chi connectivity index (χ2n) is 2.33. The Labute approximate surface area is 55.8 Å². The van der Waals surface area contributed by atoms with E-state index in [4.69, 9.17) is 0 Å². The summed E-state index contributed by atoms with van der Waals surface area (Å²) in [5.74, 6) is 0. The molecule has 0 saturated carbocycles. The lowest BCUT2D eigenvalue weighted by molar-refractivity contribution is 1.38. The molecule has 0 spiro atoms. The molecule has 1 heteroatoms. The third kappa shape index (κ3) is 1.84. The van der Waals surface area contributed by atoms with Gasteiger partial charge in [0.1, 0.15) is 0 Å². The van der Waals surface area contributed by atoms with E-state index in [0.717, 1.165) is 6.42 Å². The smallest absolute Gasteiger partial charge is 0.0269 e. The zero-order valence-electron chi connectivity index (χ0n) is 5.89. The van der Waals surface area contributed by atoms with Gasteiger partial charge < -0.3 is 0 Å². The fourth-order valence-corrected chi connectivity index (χ4v) is 0.712. The van der Waals surface area contributed by atoms with Crippen LogP contribution in [0.2, 0.25) is 0 Å². The zero-order valence-corrected chi connectivity index (χ0v) is 5.89.